The van der Waals surface area contributed by atoms with Crippen LogP contribution in [0.4, 0.5) is 5.69 Å². The van der Waals surface area contributed by atoms with Crippen LogP contribution < -0.4 is 5.73 Å². The van der Waals surface area contributed by atoms with Gasteiger partial charge in [0.2, 0.25) is 5.89 Å². The maximum absolute atomic E-state index is 5.81. The van der Waals surface area contributed by atoms with E-state index in [9.17, 15) is 0 Å². The van der Waals surface area contributed by atoms with Crippen molar-refractivity contribution in [2.45, 2.75) is 6.92 Å². The summed E-state index contributed by atoms with van der Waals surface area (Å²) in [4.78, 5) is 4.49. The van der Waals surface area contributed by atoms with Gasteiger partial charge < -0.3 is 10.2 Å². The zero-order chi connectivity index (χ0) is 12.7. The molecule has 0 saturated heterocycles. The van der Waals surface area contributed by atoms with Gasteiger partial charge in [0.15, 0.2) is 5.58 Å². The third-order valence-corrected chi connectivity index (χ3v) is 3.55. The number of nitrogens with zero attached hydrogens (tertiary/aromatic N) is 1. The van der Waals surface area contributed by atoms with Gasteiger partial charge in [0.25, 0.3) is 0 Å². The normalized spacial score (nSPS) is 11.0. The first-order valence-corrected chi connectivity index (χ1v) is 6.36. The second-order valence-electron chi connectivity index (χ2n) is 4.18. The molecule has 0 radical (unpaired) electrons. The number of benzene rings is 2. The fourth-order valence-corrected chi connectivity index (χ4v) is 2.25. The van der Waals surface area contributed by atoms with Crippen molar-refractivity contribution in [1.82, 2.24) is 4.98 Å². The summed E-state index contributed by atoms with van der Waals surface area (Å²) < 4.78 is 6.65. The molecule has 3 nitrogen and oxygen atoms in total. The van der Waals surface area contributed by atoms with Crippen molar-refractivity contribution in [3.63, 3.8) is 0 Å². The molecular weight excluding hydrogens is 292 g/mol. The number of halogens is 1. The van der Waals surface area contributed by atoms with Crippen LogP contribution in [0.1, 0.15) is 5.56 Å². The van der Waals surface area contributed by atoms with E-state index in [1.165, 1.54) is 0 Å². The van der Waals surface area contributed by atoms with E-state index in [4.69, 9.17) is 10.2 Å². The number of hydrogen-bond donors (Lipinski definition) is 1. The van der Waals surface area contributed by atoms with Gasteiger partial charge in [-0.1, -0.05) is 12.1 Å². The predicted octanol–water partition coefficient (Wildman–Crippen LogP) is 4.15. The van der Waals surface area contributed by atoms with Gasteiger partial charge in [-0.05, 0) is 52.7 Å². The highest BCUT2D eigenvalue weighted by atomic mass is 79.9. The van der Waals surface area contributed by atoms with Gasteiger partial charge >= 0.3 is 0 Å². The Morgan fingerprint density at radius 2 is 2.06 bits per heavy atom. The SMILES string of the molecule is Cc1cccc2nc(-c3ccc(N)c(Br)c3)oc12. The van der Waals surface area contributed by atoms with Crippen molar-refractivity contribution in [3.05, 3.63) is 46.4 Å². The monoisotopic (exact) mass is 302 g/mol. The number of nitrogens with two attached hydrogens (primary N) is 1. The maximum atomic E-state index is 5.81. The number of rotatable bonds is 1. The Morgan fingerprint density at radius 1 is 1.22 bits per heavy atom. The number of aromatic nitrogens is 1. The average molecular weight is 303 g/mol. The Bertz CT molecular complexity index is 734. The van der Waals surface area contributed by atoms with Crippen LogP contribution in [0.3, 0.4) is 0 Å². The molecule has 0 aliphatic heterocycles. The quantitative estimate of drug-likeness (QED) is 0.687. The second-order valence-corrected chi connectivity index (χ2v) is 5.03. The summed E-state index contributed by atoms with van der Waals surface area (Å²) in [7, 11) is 0. The number of aryl methyl sites for hydroxylation is 1. The van der Waals surface area contributed by atoms with Crippen LogP contribution in [-0.4, -0.2) is 4.98 Å². The molecule has 0 aliphatic carbocycles. The highest BCUT2D eigenvalue weighted by molar-refractivity contribution is 9.10. The number of nitrogen functional groups attached to an aromatic ring is 1. The summed E-state index contributed by atoms with van der Waals surface area (Å²) >= 11 is 3.41. The van der Waals surface area contributed by atoms with Crippen molar-refractivity contribution in [2.75, 3.05) is 5.73 Å². The largest absolute Gasteiger partial charge is 0.436 e. The van der Waals surface area contributed by atoms with E-state index < -0.39 is 0 Å². The molecule has 3 aromatic rings. The molecule has 3 rings (SSSR count). The molecule has 0 amide bonds. The highest BCUT2D eigenvalue weighted by Gasteiger charge is 2.10. The number of para-hydroxylation sites is 1. The zero-order valence-corrected chi connectivity index (χ0v) is 11.4. The Kier molecular flexibility index (Phi) is 2.59. The first-order valence-electron chi connectivity index (χ1n) is 5.57. The van der Waals surface area contributed by atoms with Crippen LogP contribution in [0.2, 0.25) is 0 Å². The molecule has 0 bridgehead atoms. The standard InChI is InChI=1S/C14H11BrN2O/c1-8-3-2-4-12-13(8)18-14(17-12)9-5-6-11(16)10(15)7-9/h2-7H,16H2,1H3. The van der Waals surface area contributed by atoms with Crippen LogP contribution in [0, 0.1) is 6.92 Å². The van der Waals surface area contributed by atoms with Crippen LogP contribution in [0.15, 0.2) is 45.3 Å². The Morgan fingerprint density at radius 3 is 2.78 bits per heavy atom. The summed E-state index contributed by atoms with van der Waals surface area (Å²) in [5.41, 5.74) is 10.2. The van der Waals surface area contributed by atoms with Gasteiger partial charge in [-0.15, -0.1) is 0 Å². The Labute approximate surface area is 113 Å². The van der Waals surface area contributed by atoms with E-state index in [0.717, 1.165) is 26.7 Å². The Balaban J connectivity index is 2.19. The molecule has 18 heavy (non-hydrogen) atoms. The van der Waals surface area contributed by atoms with Crippen molar-refractivity contribution < 1.29 is 4.42 Å². The lowest BCUT2D eigenvalue weighted by Gasteiger charge is -1.99. The third-order valence-electron chi connectivity index (χ3n) is 2.86. The topological polar surface area (TPSA) is 52.0 Å². The summed E-state index contributed by atoms with van der Waals surface area (Å²) in [5, 5.41) is 0. The minimum absolute atomic E-state index is 0.611. The van der Waals surface area contributed by atoms with Gasteiger partial charge in [0.1, 0.15) is 5.52 Å². The summed E-state index contributed by atoms with van der Waals surface area (Å²) in [6.45, 7) is 2.01. The minimum atomic E-state index is 0.611. The van der Waals surface area contributed by atoms with Crippen LogP contribution in [-0.2, 0) is 0 Å². The number of hydrogen-bond acceptors (Lipinski definition) is 3. The van der Waals surface area contributed by atoms with E-state index in [2.05, 4.69) is 20.9 Å². The van der Waals surface area contributed by atoms with Crippen molar-refractivity contribution in [3.8, 4) is 11.5 Å². The van der Waals surface area contributed by atoms with E-state index in [-0.39, 0.29) is 0 Å². The van der Waals surface area contributed by atoms with Crippen LogP contribution in [0.25, 0.3) is 22.6 Å². The summed E-state index contributed by atoms with van der Waals surface area (Å²) in [6, 6.07) is 11.6. The van der Waals surface area contributed by atoms with Gasteiger partial charge in [-0.2, -0.15) is 0 Å². The molecule has 0 unspecified atom stereocenters. The second kappa shape index (κ2) is 4.14. The van der Waals surface area contributed by atoms with Gasteiger partial charge in [-0.3, -0.25) is 0 Å². The van der Waals surface area contributed by atoms with Gasteiger partial charge in [0, 0.05) is 15.7 Å². The molecule has 90 valence electrons. The first-order chi connectivity index (χ1) is 8.65. The molecule has 4 heteroatoms. The zero-order valence-electron chi connectivity index (χ0n) is 9.77. The van der Waals surface area contributed by atoms with E-state index in [1.54, 1.807) is 0 Å². The van der Waals surface area contributed by atoms with Crippen molar-refractivity contribution >= 4 is 32.7 Å². The molecule has 0 spiro atoms. The molecular formula is C14H11BrN2O. The van der Waals surface area contributed by atoms with Crippen molar-refractivity contribution in [1.29, 1.82) is 0 Å². The fourth-order valence-electron chi connectivity index (χ4n) is 1.87. The van der Waals surface area contributed by atoms with Gasteiger partial charge in [-0.25, -0.2) is 4.98 Å². The Hall–Kier alpha value is -1.81. The smallest absolute Gasteiger partial charge is 0.227 e. The lowest BCUT2D eigenvalue weighted by molar-refractivity contribution is 0.617. The van der Waals surface area contributed by atoms with Crippen molar-refractivity contribution in [2.24, 2.45) is 0 Å². The van der Waals surface area contributed by atoms with E-state index in [1.807, 2.05) is 43.3 Å². The number of fused-ring (bicyclic) bond motifs is 1. The molecule has 0 fully saturated rings. The van der Waals surface area contributed by atoms with E-state index >= 15 is 0 Å². The lowest BCUT2D eigenvalue weighted by atomic mass is 10.2. The molecule has 2 N–H and O–H groups in total. The molecule has 0 saturated carbocycles. The first kappa shape index (κ1) is 11.3. The number of oxazole rings is 1. The third kappa shape index (κ3) is 1.78. The van der Waals surface area contributed by atoms with Crippen LogP contribution >= 0.6 is 15.9 Å². The van der Waals surface area contributed by atoms with E-state index in [0.29, 0.717) is 11.6 Å². The average Bonchev–Trinajstić information content (AvgIpc) is 2.78. The summed E-state index contributed by atoms with van der Waals surface area (Å²) in [6.07, 6.45) is 0. The lowest BCUT2D eigenvalue weighted by Crippen LogP contribution is -1.86. The molecule has 1 aromatic heterocycles. The van der Waals surface area contributed by atoms with Crippen LogP contribution in [0.5, 0.6) is 0 Å². The van der Waals surface area contributed by atoms with Gasteiger partial charge in [0.05, 0.1) is 0 Å². The maximum Gasteiger partial charge on any atom is 0.227 e. The molecule has 1 heterocycles. The molecule has 2 aromatic carbocycles. The number of anilines is 1. The molecule has 0 atom stereocenters. The minimum Gasteiger partial charge on any atom is -0.436 e. The highest BCUT2D eigenvalue weighted by Crippen LogP contribution is 2.30. The molecule has 0 aliphatic rings. The summed E-state index contributed by atoms with van der Waals surface area (Å²) in [5.74, 6) is 0.611. The fraction of sp³-hybridized carbons (Fsp3) is 0.0714. The predicted molar refractivity (Wildman–Crippen MR) is 76.3 cm³/mol.